The predicted molar refractivity (Wildman–Crippen MR) is 98.8 cm³/mol. The maximum Gasteiger partial charge on any atom is 0.218 e. The minimum atomic E-state index is -3.29. The van der Waals surface area contributed by atoms with Crippen LogP contribution in [0.25, 0.3) is 10.9 Å². The zero-order valence-corrected chi connectivity index (χ0v) is 15.5. The summed E-state index contributed by atoms with van der Waals surface area (Å²) in [5.74, 6) is -0.00421. The average Bonchev–Trinajstić information content (AvgIpc) is 3.20. The van der Waals surface area contributed by atoms with Crippen LogP contribution >= 0.6 is 0 Å². The van der Waals surface area contributed by atoms with Gasteiger partial charge in [0.1, 0.15) is 0 Å². The molecule has 136 valence electrons. The van der Waals surface area contributed by atoms with Crippen LogP contribution in [-0.4, -0.2) is 56.0 Å². The fraction of sp³-hybridized carbons (Fsp3) is 0.529. The molecule has 8 heteroatoms. The van der Waals surface area contributed by atoms with E-state index in [1.165, 1.54) is 4.68 Å². The van der Waals surface area contributed by atoms with Gasteiger partial charge in [-0.1, -0.05) is 6.07 Å². The third kappa shape index (κ3) is 3.91. The maximum absolute atomic E-state index is 12.5. The summed E-state index contributed by atoms with van der Waals surface area (Å²) in [6.07, 6.45) is 4.37. The highest BCUT2D eigenvalue weighted by atomic mass is 32.2. The van der Waals surface area contributed by atoms with Gasteiger partial charge in [0.25, 0.3) is 0 Å². The molecular weight excluding hydrogens is 340 g/mol. The van der Waals surface area contributed by atoms with Gasteiger partial charge in [-0.25, -0.2) is 17.4 Å². The molecule has 1 saturated heterocycles. The molecule has 0 amide bonds. The van der Waals surface area contributed by atoms with E-state index in [9.17, 15) is 13.3 Å². The van der Waals surface area contributed by atoms with Crippen molar-refractivity contribution in [2.75, 3.05) is 33.7 Å². The summed E-state index contributed by atoms with van der Waals surface area (Å²) in [6.45, 7) is 2.07. The van der Waals surface area contributed by atoms with E-state index in [2.05, 4.69) is 10.2 Å². The van der Waals surface area contributed by atoms with Gasteiger partial charge in [-0.3, -0.25) is 0 Å². The Kier molecular flexibility index (Phi) is 5.21. The Hall–Kier alpha value is -1.77. The number of rotatable bonds is 7. The SMILES string of the molecule is CN(C)CCc1cn(N=O)c2ccc(CS(=O)(=O)N3CCCC3)cc12. The number of hydrogen-bond acceptors (Lipinski definition) is 5. The van der Waals surface area contributed by atoms with Crippen LogP contribution in [0.2, 0.25) is 0 Å². The molecule has 2 aromatic rings. The van der Waals surface area contributed by atoms with Crippen LogP contribution < -0.4 is 0 Å². The molecule has 1 aliphatic rings. The first-order valence-corrected chi connectivity index (χ1v) is 10.1. The van der Waals surface area contributed by atoms with Crippen LogP contribution in [0.5, 0.6) is 0 Å². The van der Waals surface area contributed by atoms with Crippen molar-refractivity contribution in [3.63, 3.8) is 0 Å². The molecule has 1 aromatic carbocycles. The number of aromatic nitrogens is 1. The standard InChI is InChI=1S/C17H24N4O3S/c1-19(2)10-7-15-12-21(18-22)17-6-5-14(11-16(15)17)13-25(23,24)20-8-3-4-9-20/h5-6,11-12H,3-4,7-10,13H2,1-2H3. The average molecular weight is 364 g/mol. The Balaban J connectivity index is 1.92. The fourth-order valence-corrected chi connectivity index (χ4v) is 4.89. The van der Waals surface area contributed by atoms with Gasteiger partial charge in [-0.15, -0.1) is 4.91 Å². The second-order valence-electron chi connectivity index (χ2n) is 6.85. The van der Waals surface area contributed by atoms with Crippen molar-refractivity contribution in [2.45, 2.75) is 25.0 Å². The number of nitroso groups, excluding NO2 is 1. The predicted octanol–water partition coefficient (Wildman–Crippen LogP) is 2.20. The van der Waals surface area contributed by atoms with E-state index < -0.39 is 10.0 Å². The smallest absolute Gasteiger partial charge is 0.218 e. The van der Waals surface area contributed by atoms with Gasteiger partial charge < -0.3 is 4.90 Å². The van der Waals surface area contributed by atoms with Crippen LogP contribution in [0.4, 0.5) is 0 Å². The lowest BCUT2D eigenvalue weighted by Crippen LogP contribution is -2.29. The first-order valence-electron chi connectivity index (χ1n) is 8.50. The molecular formula is C17H24N4O3S. The number of benzene rings is 1. The molecule has 3 rings (SSSR count). The molecule has 1 aliphatic heterocycles. The van der Waals surface area contributed by atoms with E-state index in [0.29, 0.717) is 18.6 Å². The molecule has 1 aromatic heterocycles. The summed E-state index contributed by atoms with van der Waals surface area (Å²) < 4.78 is 28.0. The molecule has 0 atom stereocenters. The molecule has 1 fully saturated rings. The van der Waals surface area contributed by atoms with Crippen LogP contribution in [0.3, 0.4) is 0 Å². The summed E-state index contributed by atoms with van der Waals surface area (Å²) in [6, 6.07) is 5.44. The zero-order chi connectivity index (χ0) is 18.0. The lowest BCUT2D eigenvalue weighted by atomic mass is 10.1. The van der Waals surface area contributed by atoms with Gasteiger partial charge in [-0.05, 0) is 56.6 Å². The van der Waals surface area contributed by atoms with E-state index in [-0.39, 0.29) is 5.75 Å². The van der Waals surface area contributed by atoms with Crippen molar-refractivity contribution in [1.82, 2.24) is 13.9 Å². The lowest BCUT2D eigenvalue weighted by Gasteiger charge is -2.15. The van der Waals surface area contributed by atoms with Crippen molar-refractivity contribution in [2.24, 2.45) is 5.29 Å². The summed E-state index contributed by atoms with van der Waals surface area (Å²) >= 11 is 0. The molecule has 0 saturated carbocycles. The van der Waals surface area contributed by atoms with Crippen molar-refractivity contribution in [1.29, 1.82) is 0 Å². The number of fused-ring (bicyclic) bond motifs is 1. The summed E-state index contributed by atoms with van der Waals surface area (Å²) in [5.41, 5.74) is 2.46. The van der Waals surface area contributed by atoms with Crippen LogP contribution in [-0.2, 0) is 22.2 Å². The fourth-order valence-electron chi connectivity index (χ4n) is 3.30. The van der Waals surface area contributed by atoms with Crippen LogP contribution in [0.15, 0.2) is 29.7 Å². The van der Waals surface area contributed by atoms with Gasteiger partial charge in [-0.2, -0.15) is 0 Å². The van der Waals surface area contributed by atoms with Gasteiger partial charge in [0.2, 0.25) is 10.0 Å². The summed E-state index contributed by atoms with van der Waals surface area (Å²) in [5, 5.41) is 3.94. The van der Waals surface area contributed by atoms with Crippen molar-refractivity contribution >= 4 is 20.9 Å². The van der Waals surface area contributed by atoms with E-state index >= 15 is 0 Å². The summed E-state index contributed by atoms with van der Waals surface area (Å²) in [7, 11) is 0.697. The van der Waals surface area contributed by atoms with Crippen molar-refractivity contribution in [3.8, 4) is 0 Å². The molecule has 0 unspecified atom stereocenters. The highest BCUT2D eigenvalue weighted by Crippen LogP contribution is 2.25. The minimum Gasteiger partial charge on any atom is -0.309 e. The Morgan fingerprint density at radius 2 is 1.92 bits per heavy atom. The molecule has 0 bridgehead atoms. The lowest BCUT2D eigenvalue weighted by molar-refractivity contribution is 0.414. The van der Waals surface area contributed by atoms with Gasteiger partial charge >= 0.3 is 0 Å². The Morgan fingerprint density at radius 3 is 2.56 bits per heavy atom. The Morgan fingerprint density at radius 1 is 1.20 bits per heavy atom. The molecule has 0 radical (unpaired) electrons. The molecule has 0 spiro atoms. The second kappa shape index (κ2) is 7.23. The molecule has 0 aliphatic carbocycles. The largest absolute Gasteiger partial charge is 0.309 e. The molecule has 2 heterocycles. The number of sulfonamides is 1. The second-order valence-corrected chi connectivity index (χ2v) is 8.82. The number of nitrogens with zero attached hydrogens (tertiary/aromatic N) is 4. The third-order valence-electron chi connectivity index (χ3n) is 4.66. The highest BCUT2D eigenvalue weighted by Gasteiger charge is 2.25. The van der Waals surface area contributed by atoms with E-state index in [4.69, 9.17) is 0 Å². The quantitative estimate of drug-likeness (QED) is 0.706. The molecule has 0 N–H and O–H groups in total. The molecule has 7 nitrogen and oxygen atoms in total. The zero-order valence-electron chi connectivity index (χ0n) is 14.7. The molecule has 25 heavy (non-hydrogen) atoms. The first-order chi connectivity index (χ1) is 11.9. The highest BCUT2D eigenvalue weighted by molar-refractivity contribution is 7.88. The Labute approximate surface area is 148 Å². The van der Waals surface area contributed by atoms with E-state index in [0.717, 1.165) is 42.3 Å². The van der Waals surface area contributed by atoms with Gasteiger partial charge in [0.15, 0.2) is 0 Å². The minimum absolute atomic E-state index is 0.00421. The van der Waals surface area contributed by atoms with Crippen molar-refractivity contribution in [3.05, 3.63) is 40.4 Å². The monoisotopic (exact) mass is 364 g/mol. The van der Waals surface area contributed by atoms with Crippen molar-refractivity contribution < 1.29 is 8.42 Å². The van der Waals surface area contributed by atoms with E-state index in [1.54, 1.807) is 22.6 Å². The normalized spacial score (nSPS) is 16.1. The maximum atomic E-state index is 12.5. The third-order valence-corrected chi connectivity index (χ3v) is 6.51. The van der Waals surface area contributed by atoms with Crippen LogP contribution in [0.1, 0.15) is 24.0 Å². The summed E-state index contributed by atoms with van der Waals surface area (Å²) in [4.78, 5) is 13.1. The van der Waals surface area contributed by atoms with E-state index in [1.807, 2.05) is 20.2 Å². The van der Waals surface area contributed by atoms with Crippen LogP contribution in [0, 0.1) is 4.91 Å². The van der Waals surface area contributed by atoms with Gasteiger partial charge in [0.05, 0.1) is 16.6 Å². The Bertz CT molecular complexity index is 867. The number of likely N-dealkylation sites (N-methyl/N-ethyl adjacent to an activating group) is 1. The topological polar surface area (TPSA) is 75.0 Å². The van der Waals surface area contributed by atoms with Gasteiger partial charge in [0, 0.05) is 31.2 Å². The number of hydrogen-bond donors (Lipinski definition) is 0. The first kappa shape index (κ1) is 18.0.